The molecule has 0 rings (SSSR count). The van der Waals surface area contributed by atoms with Crippen LogP contribution in [0.15, 0.2) is 0 Å². The number of halogens is 1. The van der Waals surface area contributed by atoms with E-state index in [4.69, 9.17) is 5.11 Å². The van der Waals surface area contributed by atoms with E-state index < -0.39 is 30.1 Å². The summed E-state index contributed by atoms with van der Waals surface area (Å²) in [5.74, 6) is -2.30. The summed E-state index contributed by atoms with van der Waals surface area (Å²) in [4.78, 5) is 21.6. The summed E-state index contributed by atoms with van der Waals surface area (Å²) in [6.45, 7) is 0.977. The van der Waals surface area contributed by atoms with Crippen LogP contribution in [-0.4, -0.2) is 59.5 Å². The number of ketones is 1. The first-order chi connectivity index (χ1) is 6.51. The van der Waals surface area contributed by atoms with Gasteiger partial charge in [0.2, 0.25) is 5.60 Å². The molecule has 0 aliphatic rings. The number of Topliss-reactive ketones (excluding diaryl/α,β-unsaturated/α-hetero) is 1. The van der Waals surface area contributed by atoms with Crippen LogP contribution >= 0.6 is 0 Å². The van der Waals surface area contributed by atoms with Gasteiger partial charge in [0.1, 0.15) is 0 Å². The molecule has 1 unspecified atom stereocenters. The molecule has 0 saturated carbocycles. The molecule has 0 saturated heterocycles. The molecule has 0 heterocycles. The Bertz CT molecular complexity index is 274. The molecular formula is C9H17FNO4+. The van der Waals surface area contributed by atoms with Crippen LogP contribution in [0.1, 0.15) is 13.3 Å². The molecule has 0 aliphatic carbocycles. The molecule has 0 aliphatic heterocycles. The Hall–Kier alpha value is -1.01. The molecule has 2 N–H and O–H groups in total. The molecule has 0 aromatic carbocycles. The number of nitrogens with zero attached hydrogens (tertiary/aromatic N) is 1. The van der Waals surface area contributed by atoms with Crippen molar-refractivity contribution in [3.8, 4) is 0 Å². The third-order valence-electron chi connectivity index (χ3n) is 2.10. The molecule has 0 aromatic heterocycles. The second-order valence-electron chi connectivity index (χ2n) is 4.50. The van der Waals surface area contributed by atoms with Crippen LogP contribution in [0.4, 0.5) is 4.39 Å². The number of carboxylic acids is 1. The lowest BCUT2D eigenvalue weighted by Crippen LogP contribution is -2.60. The van der Waals surface area contributed by atoms with E-state index in [0.717, 1.165) is 6.92 Å². The van der Waals surface area contributed by atoms with Crippen molar-refractivity contribution in [1.29, 1.82) is 0 Å². The van der Waals surface area contributed by atoms with E-state index in [2.05, 4.69) is 0 Å². The lowest BCUT2D eigenvalue weighted by atomic mass is 9.92. The molecule has 2 atom stereocenters. The van der Waals surface area contributed by atoms with Gasteiger partial charge in [0.05, 0.1) is 27.6 Å². The third-order valence-corrected chi connectivity index (χ3v) is 2.10. The summed E-state index contributed by atoms with van der Waals surface area (Å²) >= 11 is 0. The molecular weight excluding hydrogens is 205 g/mol. The highest BCUT2D eigenvalue weighted by molar-refractivity contribution is 5.89. The smallest absolute Gasteiger partial charge is 0.307 e. The lowest BCUT2D eigenvalue weighted by molar-refractivity contribution is -0.917. The molecule has 5 nitrogen and oxygen atoms in total. The fourth-order valence-electron chi connectivity index (χ4n) is 1.25. The van der Waals surface area contributed by atoms with Crippen LogP contribution in [-0.2, 0) is 9.59 Å². The maximum atomic E-state index is 13.8. The maximum Gasteiger partial charge on any atom is 0.307 e. The fourth-order valence-corrected chi connectivity index (χ4v) is 1.25. The zero-order valence-electron chi connectivity index (χ0n) is 9.32. The Kier molecular flexibility index (Phi) is 3.95. The topological polar surface area (TPSA) is 74.6 Å². The quantitative estimate of drug-likeness (QED) is 0.498. The highest BCUT2D eigenvalue weighted by atomic mass is 19.1. The number of aliphatic carboxylic acids is 1. The van der Waals surface area contributed by atoms with Gasteiger partial charge < -0.3 is 10.2 Å². The minimum absolute atomic E-state index is 0.344. The number of carboxylic acid groups (broad SMARTS) is 1. The van der Waals surface area contributed by atoms with Crippen LogP contribution in [0.2, 0.25) is 0 Å². The van der Waals surface area contributed by atoms with E-state index in [0.29, 0.717) is 0 Å². The number of aliphatic hydroxyl groups is 1. The SMILES string of the molecule is CC(=O)[C@@](O)(CC(=O)O)C(F)[N+](C)(C)C. The van der Waals surface area contributed by atoms with Gasteiger partial charge in [-0.3, -0.25) is 14.1 Å². The Morgan fingerprint density at radius 3 is 2.00 bits per heavy atom. The molecule has 0 spiro atoms. The molecule has 6 heteroatoms. The standard InChI is InChI=1S/C9H16FNO4/c1-6(12)9(15,5-7(13)14)8(10)11(2,3)4/h8,15H,5H2,1-4H3/p+1/t8?,9-/m0/s1. The summed E-state index contributed by atoms with van der Waals surface area (Å²) in [5, 5.41) is 18.3. The monoisotopic (exact) mass is 222 g/mol. The molecule has 88 valence electrons. The van der Waals surface area contributed by atoms with Crippen molar-refractivity contribution in [2.24, 2.45) is 0 Å². The van der Waals surface area contributed by atoms with E-state index in [1.54, 1.807) is 0 Å². The number of alkyl halides is 1. The molecule has 0 fully saturated rings. The van der Waals surface area contributed by atoms with E-state index in [-0.39, 0.29) is 4.48 Å². The highest BCUT2D eigenvalue weighted by Crippen LogP contribution is 2.25. The van der Waals surface area contributed by atoms with Gasteiger partial charge in [0, 0.05) is 0 Å². The summed E-state index contributed by atoms with van der Waals surface area (Å²) in [5.41, 5.74) is -2.47. The first kappa shape index (κ1) is 14.0. The summed E-state index contributed by atoms with van der Waals surface area (Å²) in [6, 6.07) is 0. The number of quaternary nitrogens is 1. The molecule has 0 bridgehead atoms. The Morgan fingerprint density at radius 1 is 1.40 bits per heavy atom. The summed E-state index contributed by atoms with van der Waals surface area (Å²) in [6.07, 6.45) is -2.91. The second kappa shape index (κ2) is 4.24. The summed E-state index contributed by atoms with van der Waals surface area (Å²) < 4.78 is 13.5. The van der Waals surface area contributed by atoms with Gasteiger partial charge >= 0.3 is 5.97 Å². The molecule has 0 amide bonds. The number of carbonyl (C=O) groups is 2. The number of hydrogen-bond donors (Lipinski definition) is 2. The highest BCUT2D eigenvalue weighted by Gasteiger charge is 2.51. The number of carbonyl (C=O) groups excluding carboxylic acids is 1. The van der Waals surface area contributed by atoms with Crippen LogP contribution in [0.5, 0.6) is 0 Å². The lowest BCUT2D eigenvalue weighted by Gasteiger charge is -2.36. The first-order valence-electron chi connectivity index (χ1n) is 4.42. The predicted molar refractivity (Wildman–Crippen MR) is 50.8 cm³/mol. The van der Waals surface area contributed by atoms with Gasteiger partial charge in [-0.2, -0.15) is 4.39 Å². The van der Waals surface area contributed by atoms with Gasteiger partial charge in [-0.15, -0.1) is 0 Å². The van der Waals surface area contributed by atoms with Crippen molar-refractivity contribution in [3.63, 3.8) is 0 Å². The van der Waals surface area contributed by atoms with Crippen molar-refractivity contribution in [3.05, 3.63) is 0 Å². The van der Waals surface area contributed by atoms with Crippen molar-refractivity contribution in [1.82, 2.24) is 0 Å². The average molecular weight is 222 g/mol. The van der Waals surface area contributed by atoms with Crippen molar-refractivity contribution in [2.75, 3.05) is 21.1 Å². The van der Waals surface area contributed by atoms with Gasteiger partial charge in [-0.05, 0) is 6.92 Å². The minimum Gasteiger partial charge on any atom is -0.481 e. The van der Waals surface area contributed by atoms with Crippen molar-refractivity contribution in [2.45, 2.75) is 25.2 Å². The van der Waals surface area contributed by atoms with Crippen LogP contribution < -0.4 is 0 Å². The van der Waals surface area contributed by atoms with E-state index in [1.165, 1.54) is 21.1 Å². The molecule has 15 heavy (non-hydrogen) atoms. The van der Waals surface area contributed by atoms with E-state index >= 15 is 0 Å². The molecule has 0 radical (unpaired) electrons. The fraction of sp³-hybridized carbons (Fsp3) is 0.778. The Labute approximate surface area is 87.7 Å². The predicted octanol–water partition coefficient (Wildman–Crippen LogP) is -0.217. The molecule has 0 aromatic rings. The number of hydrogen-bond acceptors (Lipinski definition) is 3. The van der Waals surface area contributed by atoms with Gasteiger partial charge in [0.15, 0.2) is 5.78 Å². The van der Waals surface area contributed by atoms with Crippen molar-refractivity contribution < 1.29 is 28.7 Å². The van der Waals surface area contributed by atoms with Crippen LogP contribution in [0.25, 0.3) is 0 Å². The number of likely N-dealkylation sites (N-methyl/N-ethyl adjacent to an activating group) is 1. The first-order valence-corrected chi connectivity index (χ1v) is 4.42. The van der Waals surface area contributed by atoms with E-state index in [9.17, 15) is 19.1 Å². The zero-order chi connectivity index (χ0) is 12.4. The zero-order valence-corrected chi connectivity index (χ0v) is 9.32. The summed E-state index contributed by atoms with van der Waals surface area (Å²) in [7, 11) is 4.29. The third kappa shape index (κ3) is 3.24. The van der Waals surface area contributed by atoms with Crippen LogP contribution in [0, 0.1) is 0 Å². The maximum absolute atomic E-state index is 13.8. The van der Waals surface area contributed by atoms with Gasteiger partial charge in [-0.1, -0.05) is 0 Å². The normalized spacial score (nSPS) is 18.0. The largest absolute Gasteiger partial charge is 0.481 e. The van der Waals surface area contributed by atoms with Crippen LogP contribution in [0.3, 0.4) is 0 Å². The minimum atomic E-state index is -2.47. The second-order valence-corrected chi connectivity index (χ2v) is 4.50. The Morgan fingerprint density at radius 2 is 1.80 bits per heavy atom. The van der Waals surface area contributed by atoms with E-state index in [1.807, 2.05) is 0 Å². The average Bonchev–Trinajstić information content (AvgIpc) is 1.99. The Balaban J connectivity index is 5.12. The van der Waals surface area contributed by atoms with Gasteiger partial charge in [0.25, 0.3) is 6.30 Å². The van der Waals surface area contributed by atoms with Gasteiger partial charge in [-0.25, -0.2) is 0 Å². The van der Waals surface area contributed by atoms with Crippen molar-refractivity contribution >= 4 is 11.8 Å². The number of rotatable bonds is 5.